The van der Waals surface area contributed by atoms with E-state index in [4.69, 9.17) is 0 Å². The monoisotopic (exact) mass is 165 g/mol. The van der Waals surface area contributed by atoms with E-state index in [0.717, 1.165) is 13.2 Å². The molecule has 2 heterocycles. The highest BCUT2D eigenvalue weighted by atomic mass is 15.2. The Labute approximate surface area is 73.2 Å². The van der Waals surface area contributed by atoms with Crippen LogP contribution in [0.1, 0.15) is 12.8 Å². The summed E-state index contributed by atoms with van der Waals surface area (Å²) in [6, 6.07) is 0.660. The summed E-state index contributed by atoms with van der Waals surface area (Å²) >= 11 is 0. The Morgan fingerprint density at radius 3 is 3.17 bits per heavy atom. The summed E-state index contributed by atoms with van der Waals surface area (Å²) in [5, 5.41) is 3.40. The molecule has 12 heavy (non-hydrogen) atoms. The minimum atomic E-state index is 0.660. The average Bonchev–Trinajstić information content (AvgIpc) is 2.21. The van der Waals surface area contributed by atoms with Gasteiger partial charge in [0.05, 0.1) is 0 Å². The molecule has 0 aromatic heterocycles. The minimum Gasteiger partial charge on any atom is -0.354 e. The van der Waals surface area contributed by atoms with Crippen LogP contribution in [0.5, 0.6) is 0 Å². The first-order valence-electron chi connectivity index (χ1n) is 4.60. The van der Waals surface area contributed by atoms with Gasteiger partial charge in [-0.05, 0) is 25.5 Å². The van der Waals surface area contributed by atoms with Crippen molar-refractivity contribution in [2.45, 2.75) is 18.9 Å². The van der Waals surface area contributed by atoms with Gasteiger partial charge >= 0.3 is 0 Å². The van der Waals surface area contributed by atoms with Gasteiger partial charge in [0.15, 0.2) is 0 Å². The molecule has 0 bridgehead atoms. The lowest BCUT2D eigenvalue weighted by Gasteiger charge is -2.33. The summed E-state index contributed by atoms with van der Waals surface area (Å²) in [5.41, 5.74) is 0. The molecule has 0 aromatic carbocycles. The number of allylic oxidation sites excluding steroid dienone is 1. The van der Waals surface area contributed by atoms with Crippen molar-refractivity contribution in [1.29, 1.82) is 0 Å². The van der Waals surface area contributed by atoms with Gasteiger partial charge < -0.3 is 10.2 Å². The molecule has 0 spiro atoms. The van der Waals surface area contributed by atoms with E-state index in [2.05, 4.69) is 21.4 Å². The summed E-state index contributed by atoms with van der Waals surface area (Å²) < 4.78 is 0. The summed E-state index contributed by atoms with van der Waals surface area (Å²) in [5.74, 6) is 0. The lowest BCUT2D eigenvalue weighted by molar-refractivity contribution is 0.234. The normalized spacial score (nSPS) is 29.3. The summed E-state index contributed by atoms with van der Waals surface area (Å²) in [7, 11) is 0. The first-order valence-corrected chi connectivity index (χ1v) is 4.60. The first-order chi connectivity index (χ1) is 5.97. The number of nitrogens with one attached hydrogen (secondary N) is 1. The molecule has 66 valence electrons. The SMILES string of the molecule is C1=CN([C@H]2CCCNC2)CN=C1. The van der Waals surface area contributed by atoms with Gasteiger partial charge in [-0.25, -0.2) is 0 Å². The van der Waals surface area contributed by atoms with Gasteiger partial charge in [-0.15, -0.1) is 0 Å². The molecule has 2 rings (SSSR count). The molecule has 0 aliphatic carbocycles. The second-order valence-electron chi connectivity index (χ2n) is 3.33. The molecule has 0 saturated carbocycles. The molecule has 3 heteroatoms. The zero-order valence-corrected chi connectivity index (χ0v) is 7.24. The average molecular weight is 165 g/mol. The highest BCUT2D eigenvalue weighted by molar-refractivity contribution is 5.71. The van der Waals surface area contributed by atoms with Crippen molar-refractivity contribution in [2.24, 2.45) is 4.99 Å². The van der Waals surface area contributed by atoms with Crippen LogP contribution < -0.4 is 5.32 Å². The number of nitrogens with zero attached hydrogens (tertiary/aromatic N) is 2. The third-order valence-electron chi connectivity index (χ3n) is 2.45. The van der Waals surface area contributed by atoms with E-state index in [1.807, 2.05) is 12.3 Å². The van der Waals surface area contributed by atoms with Gasteiger partial charge in [0.25, 0.3) is 0 Å². The quantitative estimate of drug-likeness (QED) is 0.616. The Hall–Kier alpha value is -0.830. The van der Waals surface area contributed by atoms with Gasteiger partial charge in [-0.3, -0.25) is 4.99 Å². The number of aliphatic imine (C=N–C) groups is 1. The predicted molar refractivity (Wildman–Crippen MR) is 50.2 cm³/mol. The molecule has 1 saturated heterocycles. The van der Waals surface area contributed by atoms with Crippen molar-refractivity contribution in [3.05, 3.63) is 12.3 Å². The molecular weight excluding hydrogens is 150 g/mol. The smallest absolute Gasteiger partial charge is 0.110 e. The third-order valence-corrected chi connectivity index (χ3v) is 2.45. The first kappa shape index (κ1) is 7.80. The van der Waals surface area contributed by atoms with Crippen molar-refractivity contribution in [2.75, 3.05) is 19.8 Å². The van der Waals surface area contributed by atoms with Crippen LogP contribution in [-0.4, -0.2) is 36.9 Å². The van der Waals surface area contributed by atoms with Crippen LogP contribution in [-0.2, 0) is 0 Å². The Kier molecular flexibility index (Phi) is 2.42. The fourth-order valence-electron chi connectivity index (χ4n) is 1.75. The van der Waals surface area contributed by atoms with E-state index in [1.165, 1.54) is 19.4 Å². The topological polar surface area (TPSA) is 27.6 Å². The van der Waals surface area contributed by atoms with Crippen molar-refractivity contribution in [3.63, 3.8) is 0 Å². The Bertz CT molecular complexity index is 192. The maximum Gasteiger partial charge on any atom is 0.110 e. The van der Waals surface area contributed by atoms with Crippen LogP contribution in [0.25, 0.3) is 0 Å². The predicted octanol–water partition coefficient (Wildman–Crippen LogP) is 0.596. The standard InChI is InChI=1S/C9H15N3/c1-3-9(7-10-4-1)12-6-2-5-11-8-12/h2,5-6,9-10H,1,3-4,7-8H2/t9-/m0/s1. The van der Waals surface area contributed by atoms with E-state index >= 15 is 0 Å². The molecule has 2 aliphatic rings. The largest absolute Gasteiger partial charge is 0.354 e. The van der Waals surface area contributed by atoms with E-state index in [0.29, 0.717) is 6.04 Å². The highest BCUT2D eigenvalue weighted by Gasteiger charge is 2.17. The maximum atomic E-state index is 4.22. The van der Waals surface area contributed by atoms with Gasteiger partial charge in [0, 0.05) is 25.0 Å². The summed E-state index contributed by atoms with van der Waals surface area (Å²) in [6.45, 7) is 3.13. The number of hydrogen-bond acceptors (Lipinski definition) is 3. The molecule has 1 fully saturated rings. The van der Waals surface area contributed by atoms with Crippen LogP contribution in [0, 0.1) is 0 Å². The lowest BCUT2D eigenvalue weighted by Crippen LogP contribution is -2.44. The van der Waals surface area contributed by atoms with E-state index < -0.39 is 0 Å². The van der Waals surface area contributed by atoms with Crippen molar-refractivity contribution in [1.82, 2.24) is 10.2 Å². The summed E-state index contributed by atoms with van der Waals surface area (Å²) in [4.78, 5) is 6.53. The maximum absolute atomic E-state index is 4.22. The highest BCUT2D eigenvalue weighted by Crippen LogP contribution is 2.11. The van der Waals surface area contributed by atoms with Gasteiger partial charge in [0.2, 0.25) is 0 Å². The molecule has 2 aliphatic heterocycles. The number of rotatable bonds is 1. The Balaban J connectivity index is 1.90. The summed E-state index contributed by atoms with van der Waals surface area (Å²) in [6.07, 6.45) is 8.61. The minimum absolute atomic E-state index is 0.660. The van der Waals surface area contributed by atoms with Crippen molar-refractivity contribution in [3.8, 4) is 0 Å². The van der Waals surface area contributed by atoms with Crippen LogP contribution >= 0.6 is 0 Å². The second kappa shape index (κ2) is 3.72. The van der Waals surface area contributed by atoms with Crippen LogP contribution in [0.3, 0.4) is 0 Å². The van der Waals surface area contributed by atoms with Crippen LogP contribution in [0.15, 0.2) is 17.3 Å². The third kappa shape index (κ3) is 1.67. The molecular formula is C9H15N3. The fourth-order valence-corrected chi connectivity index (χ4v) is 1.75. The van der Waals surface area contributed by atoms with Crippen molar-refractivity contribution < 1.29 is 0 Å². The Morgan fingerprint density at radius 1 is 1.50 bits per heavy atom. The molecule has 1 N–H and O–H groups in total. The molecule has 0 amide bonds. The van der Waals surface area contributed by atoms with Gasteiger partial charge in [-0.1, -0.05) is 0 Å². The Morgan fingerprint density at radius 2 is 2.50 bits per heavy atom. The molecule has 0 aromatic rings. The molecule has 3 nitrogen and oxygen atoms in total. The second-order valence-corrected chi connectivity index (χ2v) is 3.33. The molecule has 0 unspecified atom stereocenters. The van der Waals surface area contributed by atoms with E-state index in [9.17, 15) is 0 Å². The number of hydrogen-bond donors (Lipinski definition) is 1. The van der Waals surface area contributed by atoms with Crippen LogP contribution in [0.2, 0.25) is 0 Å². The zero-order valence-electron chi connectivity index (χ0n) is 7.24. The van der Waals surface area contributed by atoms with E-state index in [1.54, 1.807) is 0 Å². The molecule has 1 atom stereocenters. The van der Waals surface area contributed by atoms with Crippen molar-refractivity contribution >= 4 is 6.21 Å². The van der Waals surface area contributed by atoms with Crippen LogP contribution in [0.4, 0.5) is 0 Å². The number of piperidine rings is 1. The fraction of sp³-hybridized carbons (Fsp3) is 0.667. The zero-order chi connectivity index (χ0) is 8.23. The lowest BCUT2D eigenvalue weighted by atomic mass is 10.1. The van der Waals surface area contributed by atoms with E-state index in [-0.39, 0.29) is 0 Å². The molecule has 0 radical (unpaired) electrons. The van der Waals surface area contributed by atoms with Gasteiger partial charge in [0.1, 0.15) is 6.67 Å². The van der Waals surface area contributed by atoms with Gasteiger partial charge in [-0.2, -0.15) is 0 Å².